The molecule has 1 atom stereocenters. The second kappa shape index (κ2) is 11.6. The van der Waals surface area contributed by atoms with E-state index < -0.39 is 8.56 Å². The summed E-state index contributed by atoms with van der Waals surface area (Å²) in [5.74, 6) is 0.746. The van der Waals surface area contributed by atoms with Crippen molar-refractivity contribution in [2.24, 2.45) is 5.92 Å². The molecule has 22 heavy (non-hydrogen) atoms. The van der Waals surface area contributed by atoms with Gasteiger partial charge in [0.05, 0.1) is 0 Å². The van der Waals surface area contributed by atoms with Gasteiger partial charge in [-0.2, -0.15) is 0 Å². The first-order valence-corrected chi connectivity index (χ1v) is 12.1. The Morgan fingerprint density at radius 1 is 0.909 bits per heavy atom. The molecule has 1 fully saturated rings. The number of unbranched alkanes of at least 4 members (excludes halogenated alkanes) is 1. The molecule has 1 aliphatic carbocycles. The molecule has 3 heteroatoms. The molecule has 0 saturated heterocycles. The highest BCUT2D eigenvalue weighted by atomic mass is 28.4. The molecule has 132 valence electrons. The van der Waals surface area contributed by atoms with Crippen molar-refractivity contribution in [2.45, 2.75) is 103 Å². The third-order valence-electron chi connectivity index (χ3n) is 5.19. The highest BCUT2D eigenvalue weighted by Crippen LogP contribution is 2.41. The van der Waals surface area contributed by atoms with Crippen LogP contribution in [0.5, 0.6) is 0 Å². The average molecular weight is 329 g/mol. The Labute approximate surface area is 140 Å². The van der Waals surface area contributed by atoms with E-state index in [1.54, 1.807) is 0 Å². The van der Waals surface area contributed by atoms with Gasteiger partial charge in [0.1, 0.15) is 0 Å². The van der Waals surface area contributed by atoms with Crippen LogP contribution in [0.25, 0.3) is 0 Å². The number of rotatable bonds is 10. The SMILES string of the molecule is CCCCC(C)C[Si](OCC)(OCC)C1CCCCCCC1. The summed E-state index contributed by atoms with van der Waals surface area (Å²) in [4.78, 5) is 0. The smallest absolute Gasteiger partial charge is 0.341 e. The predicted molar refractivity (Wildman–Crippen MR) is 98.6 cm³/mol. The van der Waals surface area contributed by atoms with E-state index in [1.165, 1.54) is 70.3 Å². The summed E-state index contributed by atoms with van der Waals surface area (Å²) in [6.07, 6.45) is 13.6. The molecule has 1 unspecified atom stereocenters. The molecule has 1 aliphatic rings. The molecule has 2 nitrogen and oxygen atoms in total. The lowest BCUT2D eigenvalue weighted by Crippen LogP contribution is -2.48. The molecule has 0 bridgehead atoms. The molecule has 0 heterocycles. The van der Waals surface area contributed by atoms with Gasteiger partial charge < -0.3 is 8.85 Å². The fraction of sp³-hybridized carbons (Fsp3) is 1.00. The molecule has 0 N–H and O–H groups in total. The first kappa shape index (κ1) is 20.2. The average Bonchev–Trinajstić information content (AvgIpc) is 2.45. The summed E-state index contributed by atoms with van der Waals surface area (Å²) in [7, 11) is -2.06. The standard InChI is InChI=1S/C19H40O2Si/c1-5-8-14-18(4)17-22(20-6-2,21-7-3)19-15-12-10-9-11-13-16-19/h18-19H,5-17H2,1-4H3. The second-order valence-corrected chi connectivity index (χ2v) is 10.6. The van der Waals surface area contributed by atoms with E-state index in [1.807, 2.05) is 0 Å². The highest BCUT2D eigenvalue weighted by molar-refractivity contribution is 6.69. The molecule has 0 aromatic carbocycles. The maximum absolute atomic E-state index is 6.47. The summed E-state index contributed by atoms with van der Waals surface area (Å²) in [5, 5.41) is 0. The lowest BCUT2D eigenvalue weighted by molar-refractivity contribution is 0.160. The van der Waals surface area contributed by atoms with Crippen LogP contribution in [-0.4, -0.2) is 21.8 Å². The van der Waals surface area contributed by atoms with Crippen molar-refractivity contribution in [1.82, 2.24) is 0 Å². The van der Waals surface area contributed by atoms with E-state index >= 15 is 0 Å². The Morgan fingerprint density at radius 3 is 1.95 bits per heavy atom. The number of hydrogen-bond donors (Lipinski definition) is 0. The van der Waals surface area contributed by atoms with Gasteiger partial charge in [0.25, 0.3) is 0 Å². The first-order valence-electron chi connectivity index (χ1n) is 9.96. The molecule has 0 radical (unpaired) electrons. The topological polar surface area (TPSA) is 18.5 Å². The Morgan fingerprint density at radius 2 is 1.45 bits per heavy atom. The normalized spacial score (nSPS) is 19.6. The van der Waals surface area contributed by atoms with E-state index in [0.29, 0.717) is 0 Å². The largest absolute Gasteiger partial charge is 0.394 e. The summed E-state index contributed by atoms with van der Waals surface area (Å²) < 4.78 is 12.9. The van der Waals surface area contributed by atoms with Crippen LogP contribution in [0.3, 0.4) is 0 Å². The summed E-state index contributed by atoms with van der Waals surface area (Å²) in [6, 6.07) is 1.21. The van der Waals surface area contributed by atoms with Crippen LogP contribution in [0.15, 0.2) is 0 Å². The van der Waals surface area contributed by atoms with Gasteiger partial charge >= 0.3 is 8.56 Å². The fourth-order valence-electron chi connectivity index (χ4n) is 4.09. The van der Waals surface area contributed by atoms with Crippen molar-refractivity contribution < 1.29 is 8.85 Å². The molecular weight excluding hydrogens is 288 g/mol. The molecule has 1 rings (SSSR count). The zero-order valence-electron chi connectivity index (χ0n) is 15.7. The van der Waals surface area contributed by atoms with Gasteiger partial charge in [0.15, 0.2) is 0 Å². The molecular formula is C19H40O2Si. The number of hydrogen-bond acceptors (Lipinski definition) is 2. The van der Waals surface area contributed by atoms with E-state index in [-0.39, 0.29) is 0 Å². The van der Waals surface area contributed by atoms with Gasteiger partial charge in [0, 0.05) is 18.8 Å². The zero-order chi connectivity index (χ0) is 16.3. The maximum atomic E-state index is 6.47. The third-order valence-corrected chi connectivity index (χ3v) is 9.83. The van der Waals surface area contributed by atoms with Crippen molar-refractivity contribution >= 4 is 8.56 Å². The van der Waals surface area contributed by atoms with Crippen LogP contribution < -0.4 is 0 Å². The van der Waals surface area contributed by atoms with Crippen LogP contribution in [0, 0.1) is 5.92 Å². The van der Waals surface area contributed by atoms with Crippen molar-refractivity contribution in [2.75, 3.05) is 13.2 Å². The minimum absolute atomic E-state index is 0.719. The molecule has 0 aromatic rings. The second-order valence-electron chi connectivity index (χ2n) is 7.17. The molecule has 0 amide bonds. The monoisotopic (exact) mass is 328 g/mol. The van der Waals surface area contributed by atoms with Crippen molar-refractivity contribution in [1.29, 1.82) is 0 Å². The van der Waals surface area contributed by atoms with Crippen LogP contribution >= 0.6 is 0 Å². The Kier molecular flexibility index (Phi) is 10.7. The maximum Gasteiger partial charge on any atom is 0.341 e. The van der Waals surface area contributed by atoms with Crippen molar-refractivity contribution in [3.8, 4) is 0 Å². The lowest BCUT2D eigenvalue weighted by Gasteiger charge is -2.39. The van der Waals surface area contributed by atoms with E-state index in [0.717, 1.165) is 24.7 Å². The summed E-state index contributed by atoms with van der Waals surface area (Å²) in [5.41, 5.74) is 0.719. The van der Waals surface area contributed by atoms with Gasteiger partial charge in [-0.25, -0.2) is 0 Å². The Bertz CT molecular complexity index is 256. The van der Waals surface area contributed by atoms with E-state index in [9.17, 15) is 0 Å². The van der Waals surface area contributed by atoms with Crippen molar-refractivity contribution in [3.63, 3.8) is 0 Å². The zero-order valence-corrected chi connectivity index (χ0v) is 16.7. The quantitative estimate of drug-likeness (QED) is 0.429. The third kappa shape index (κ3) is 6.72. The van der Waals surface area contributed by atoms with Gasteiger partial charge in [-0.3, -0.25) is 0 Å². The molecule has 0 aromatic heterocycles. The Balaban J connectivity index is 2.80. The van der Waals surface area contributed by atoms with Crippen LogP contribution in [0.4, 0.5) is 0 Å². The highest BCUT2D eigenvalue weighted by Gasteiger charge is 2.45. The first-order chi connectivity index (χ1) is 10.7. The van der Waals surface area contributed by atoms with Gasteiger partial charge in [-0.1, -0.05) is 65.2 Å². The molecule has 0 aliphatic heterocycles. The van der Waals surface area contributed by atoms with Gasteiger partial charge in [-0.15, -0.1) is 0 Å². The van der Waals surface area contributed by atoms with Crippen LogP contribution in [-0.2, 0) is 8.85 Å². The van der Waals surface area contributed by atoms with E-state index in [4.69, 9.17) is 8.85 Å². The summed E-state index contributed by atoms with van der Waals surface area (Å²) in [6.45, 7) is 10.7. The van der Waals surface area contributed by atoms with E-state index in [2.05, 4.69) is 27.7 Å². The molecule has 1 saturated carbocycles. The Hall–Kier alpha value is 0.137. The lowest BCUT2D eigenvalue weighted by atomic mass is 10.0. The molecule has 0 spiro atoms. The minimum atomic E-state index is -2.06. The van der Waals surface area contributed by atoms with Crippen molar-refractivity contribution in [3.05, 3.63) is 0 Å². The predicted octanol–water partition coefficient (Wildman–Crippen LogP) is 6.44. The van der Waals surface area contributed by atoms with Gasteiger partial charge in [0.2, 0.25) is 0 Å². The van der Waals surface area contributed by atoms with Crippen LogP contribution in [0.2, 0.25) is 11.6 Å². The fourth-order valence-corrected chi connectivity index (χ4v) is 8.65. The van der Waals surface area contributed by atoms with Crippen LogP contribution in [0.1, 0.15) is 91.9 Å². The minimum Gasteiger partial charge on any atom is -0.394 e. The van der Waals surface area contributed by atoms with Gasteiger partial charge in [-0.05, 0) is 38.7 Å². The summed E-state index contributed by atoms with van der Waals surface area (Å²) >= 11 is 0.